The second-order valence-corrected chi connectivity index (χ2v) is 7.64. The first-order chi connectivity index (χ1) is 11.3. The summed E-state index contributed by atoms with van der Waals surface area (Å²) >= 11 is 1.89. The molecule has 0 bridgehead atoms. The van der Waals surface area contributed by atoms with Crippen LogP contribution in [0.2, 0.25) is 0 Å². The molecule has 4 rings (SSSR count). The number of hydrogen-bond donors (Lipinski definition) is 0. The number of rotatable bonds is 3. The van der Waals surface area contributed by atoms with Crippen molar-refractivity contribution in [3.05, 3.63) is 65.5 Å². The zero-order valence-electron chi connectivity index (χ0n) is 13.5. The molecule has 118 valence electrons. The molecular weight excluding hydrogens is 302 g/mol. The van der Waals surface area contributed by atoms with E-state index in [1.165, 1.54) is 16.3 Å². The molecule has 0 amide bonds. The number of nitrogens with zero attached hydrogens (tertiary/aromatic N) is 3. The van der Waals surface area contributed by atoms with Gasteiger partial charge in [-0.2, -0.15) is 0 Å². The first kappa shape index (κ1) is 14.8. The second-order valence-electron chi connectivity index (χ2n) is 6.23. The van der Waals surface area contributed by atoms with Crippen molar-refractivity contribution in [1.82, 2.24) is 9.88 Å². The molecule has 3 nitrogen and oxygen atoms in total. The number of hydrogen-bond acceptors (Lipinski definition) is 4. The fourth-order valence-electron chi connectivity index (χ4n) is 3.43. The minimum Gasteiger partial charge on any atom is -0.341 e. The molecule has 3 heterocycles. The van der Waals surface area contributed by atoms with Gasteiger partial charge in [0, 0.05) is 18.0 Å². The van der Waals surface area contributed by atoms with Crippen LogP contribution in [0.1, 0.15) is 42.8 Å². The first-order valence-electron chi connectivity index (χ1n) is 8.27. The summed E-state index contributed by atoms with van der Waals surface area (Å²) in [5.74, 6) is 0. The van der Waals surface area contributed by atoms with Crippen molar-refractivity contribution >= 4 is 16.9 Å². The molecule has 1 saturated heterocycles. The van der Waals surface area contributed by atoms with Crippen LogP contribution in [0, 0.1) is 0 Å². The summed E-state index contributed by atoms with van der Waals surface area (Å²) in [6, 6.07) is 15.5. The lowest BCUT2D eigenvalue weighted by atomic mass is 9.95. The highest BCUT2D eigenvalue weighted by molar-refractivity contribution is 8.14. The molecule has 4 heteroatoms. The summed E-state index contributed by atoms with van der Waals surface area (Å²) in [6.45, 7) is 5.53. The SMILES string of the molecule is CCc1ccc(C2C(c3ccccn3)N=C3SC(C)CN32)cc1. The highest BCUT2D eigenvalue weighted by atomic mass is 32.2. The van der Waals surface area contributed by atoms with Crippen molar-refractivity contribution in [3.8, 4) is 0 Å². The molecule has 1 aromatic heterocycles. The Hall–Kier alpha value is -1.81. The van der Waals surface area contributed by atoms with Crippen LogP contribution in [0.25, 0.3) is 0 Å². The smallest absolute Gasteiger partial charge is 0.160 e. The third-order valence-electron chi connectivity index (χ3n) is 4.61. The second kappa shape index (κ2) is 6.00. The van der Waals surface area contributed by atoms with E-state index in [0.717, 1.165) is 18.7 Å². The number of aliphatic imine (C=N–C) groups is 1. The number of pyridine rings is 1. The van der Waals surface area contributed by atoms with Gasteiger partial charge >= 0.3 is 0 Å². The Morgan fingerprint density at radius 1 is 1.17 bits per heavy atom. The number of benzene rings is 1. The Labute approximate surface area is 141 Å². The fourth-order valence-corrected chi connectivity index (χ4v) is 4.52. The van der Waals surface area contributed by atoms with Crippen molar-refractivity contribution in [3.63, 3.8) is 0 Å². The van der Waals surface area contributed by atoms with Crippen molar-refractivity contribution in [2.75, 3.05) is 6.54 Å². The molecule has 0 radical (unpaired) electrons. The highest BCUT2D eigenvalue weighted by Gasteiger charge is 2.43. The molecule has 0 aliphatic carbocycles. The molecular formula is C19H21N3S. The van der Waals surface area contributed by atoms with E-state index in [4.69, 9.17) is 4.99 Å². The van der Waals surface area contributed by atoms with Gasteiger partial charge in [-0.05, 0) is 29.7 Å². The Kier molecular flexibility index (Phi) is 3.85. The van der Waals surface area contributed by atoms with Crippen molar-refractivity contribution in [2.24, 2.45) is 4.99 Å². The predicted octanol–water partition coefficient (Wildman–Crippen LogP) is 4.23. The number of fused-ring (bicyclic) bond motifs is 1. The minimum atomic E-state index is 0.0960. The van der Waals surface area contributed by atoms with Crippen LogP contribution in [0.4, 0.5) is 0 Å². The van der Waals surface area contributed by atoms with E-state index >= 15 is 0 Å². The highest BCUT2D eigenvalue weighted by Crippen LogP contribution is 2.47. The fraction of sp³-hybridized carbons (Fsp3) is 0.368. The molecule has 3 atom stereocenters. The van der Waals surface area contributed by atoms with Crippen molar-refractivity contribution in [1.29, 1.82) is 0 Å². The summed E-state index contributed by atoms with van der Waals surface area (Å²) in [6.07, 6.45) is 2.94. The van der Waals surface area contributed by atoms with Gasteiger partial charge in [-0.15, -0.1) is 0 Å². The third kappa shape index (κ3) is 2.65. The standard InChI is InChI=1S/C19H21N3S/c1-3-14-7-9-15(10-8-14)18-17(16-6-4-5-11-20-16)21-19-22(18)12-13(2)23-19/h4-11,13,17-18H,3,12H2,1-2H3. The zero-order chi connectivity index (χ0) is 15.8. The number of aryl methyl sites for hydroxylation is 1. The molecule has 0 N–H and O–H groups in total. The van der Waals surface area contributed by atoms with Crippen LogP contribution < -0.4 is 0 Å². The van der Waals surface area contributed by atoms with Gasteiger partial charge in [-0.1, -0.05) is 55.9 Å². The van der Waals surface area contributed by atoms with Crippen molar-refractivity contribution < 1.29 is 0 Å². The van der Waals surface area contributed by atoms with Gasteiger partial charge in [0.2, 0.25) is 0 Å². The van der Waals surface area contributed by atoms with E-state index in [-0.39, 0.29) is 12.1 Å². The molecule has 1 fully saturated rings. The van der Waals surface area contributed by atoms with Crippen LogP contribution in [-0.2, 0) is 6.42 Å². The number of amidine groups is 1. The summed E-state index contributed by atoms with van der Waals surface area (Å²) in [5, 5.41) is 1.79. The molecule has 2 aromatic rings. The molecule has 3 unspecified atom stereocenters. The maximum atomic E-state index is 5.01. The van der Waals surface area contributed by atoms with Gasteiger partial charge < -0.3 is 4.90 Å². The average molecular weight is 323 g/mol. The normalized spacial score (nSPS) is 26.3. The predicted molar refractivity (Wildman–Crippen MR) is 96.7 cm³/mol. The lowest BCUT2D eigenvalue weighted by molar-refractivity contribution is 0.321. The van der Waals surface area contributed by atoms with E-state index in [2.05, 4.69) is 60.1 Å². The molecule has 23 heavy (non-hydrogen) atoms. The van der Waals surface area contributed by atoms with Gasteiger partial charge in [0.1, 0.15) is 6.04 Å². The summed E-state index contributed by atoms with van der Waals surface area (Å²) in [4.78, 5) is 12.1. The van der Waals surface area contributed by atoms with Gasteiger partial charge in [-0.25, -0.2) is 0 Å². The number of thioether (sulfide) groups is 1. The van der Waals surface area contributed by atoms with Gasteiger partial charge in [0.15, 0.2) is 5.17 Å². The van der Waals surface area contributed by atoms with Gasteiger partial charge in [0.05, 0.1) is 11.7 Å². The number of aromatic nitrogens is 1. The van der Waals surface area contributed by atoms with E-state index in [1.807, 2.05) is 24.0 Å². The Bertz CT molecular complexity index is 711. The third-order valence-corrected chi connectivity index (χ3v) is 5.71. The molecule has 1 aromatic carbocycles. The van der Waals surface area contributed by atoms with Crippen LogP contribution in [0.5, 0.6) is 0 Å². The Morgan fingerprint density at radius 3 is 2.70 bits per heavy atom. The van der Waals surface area contributed by atoms with Crippen LogP contribution in [-0.4, -0.2) is 26.8 Å². The zero-order valence-corrected chi connectivity index (χ0v) is 14.3. The van der Waals surface area contributed by atoms with Crippen LogP contribution >= 0.6 is 11.8 Å². The van der Waals surface area contributed by atoms with E-state index in [0.29, 0.717) is 5.25 Å². The van der Waals surface area contributed by atoms with Gasteiger partial charge in [-0.3, -0.25) is 9.98 Å². The molecule has 2 aliphatic rings. The molecule has 0 saturated carbocycles. The van der Waals surface area contributed by atoms with E-state index in [1.54, 1.807) is 0 Å². The van der Waals surface area contributed by atoms with E-state index in [9.17, 15) is 0 Å². The van der Waals surface area contributed by atoms with Crippen LogP contribution in [0.15, 0.2) is 53.7 Å². The van der Waals surface area contributed by atoms with Gasteiger partial charge in [0.25, 0.3) is 0 Å². The average Bonchev–Trinajstić information content (AvgIpc) is 3.11. The maximum absolute atomic E-state index is 5.01. The lowest BCUT2D eigenvalue weighted by Gasteiger charge is -2.27. The summed E-state index contributed by atoms with van der Waals surface area (Å²) in [5.41, 5.74) is 3.78. The monoisotopic (exact) mass is 323 g/mol. The summed E-state index contributed by atoms with van der Waals surface area (Å²) < 4.78 is 0. The quantitative estimate of drug-likeness (QED) is 0.846. The molecule has 2 aliphatic heterocycles. The maximum Gasteiger partial charge on any atom is 0.160 e. The van der Waals surface area contributed by atoms with Crippen molar-refractivity contribution in [2.45, 2.75) is 37.6 Å². The summed E-state index contributed by atoms with van der Waals surface area (Å²) in [7, 11) is 0. The lowest BCUT2D eigenvalue weighted by Crippen LogP contribution is -2.28. The Morgan fingerprint density at radius 2 is 2.00 bits per heavy atom. The Balaban J connectivity index is 1.74. The topological polar surface area (TPSA) is 28.5 Å². The van der Waals surface area contributed by atoms with E-state index < -0.39 is 0 Å². The minimum absolute atomic E-state index is 0.0960. The largest absolute Gasteiger partial charge is 0.341 e. The molecule has 0 spiro atoms. The first-order valence-corrected chi connectivity index (χ1v) is 9.15. The van der Waals surface area contributed by atoms with Crippen LogP contribution in [0.3, 0.4) is 0 Å².